The van der Waals surface area contributed by atoms with Crippen LogP contribution >= 0.6 is 0 Å². The summed E-state index contributed by atoms with van der Waals surface area (Å²) in [7, 11) is 0. The summed E-state index contributed by atoms with van der Waals surface area (Å²) < 4.78 is 0. The van der Waals surface area contributed by atoms with Gasteiger partial charge in [-0.05, 0) is 20.4 Å². The van der Waals surface area contributed by atoms with Crippen molar-refractivity contribution in [2.24, 2.45) is 0 Å². The largest absolute Gasteiger partial charge is 0.310 e. The van der Waals surface area contributed by atoms with Crippen LogP contribution in [-0.4, -0.2) is 6.54 Å². The van der Waals surface area contributed by atoms with Crippen LogP contribution in [0.5, 0.6) is 0 Å². The molecule has 0 aromatic heterocycles. The van der Waals surface area contributed by atoms with Gasteiger partial charge in [0, 0.05) is 6.04 Å². The van der Waals surface area contributed by atoms with Gasteiger partial charge in [0.05, 0.1) is 0 Å². The molecule has 0 atom stereocenters. The van der Waals surface area contributed by atoms with Crippen molar-refractivity contribution in [2.45, 2.75) is 20.8 Å². The van der Waals surface area contributed by atoms with E-state index in [2.05, 4.69) is 26.1 Å². The minimum atomic E-state index is 1.04. The highest BCUT2D eigenvalue weighted by molar-refractivity contribution is 4.70. The summed E-state index contributed by atoms with van der Waals surface area (Å²) in [6.45, 7) is 7.25. The first-order chi connectivity index (χ1) is 2.77. The van der Waals surface area contributed by atoms with Gasteiger partial charge in [-0.15, -0.1) is 0 Å². The molecule has 0 aliphatic rings. The first-order valence-corrected chi connectivity index (χ1v) is 2.31. The molecule has 0 aromatic rings. The highest BCUT2D eigenvalue weighted by atomic mass is 14.9. The van der Waals surface area contributed by atoms with Crippen molar-refractivity contribution in [3.63, 3.8) is 0 Å². The number of nitrogens with one attached hydrogen (secondary N) is 1. The molecule has 0 amide bonds. The molecule has 1 N–H and O–H groups in total. The predicted octanol–water partition coefficient (Wildman–Crippen LogP) is 1.17. The number of hydrogen-bond acceptors (Lipinski definition) is 1. The monoisotopic (exact) mass is 86.1 g/mol. The van der Waals surface area contributed by atoms with Crippen molar-refractivity contribution in [3.05, 3.63) is 6.04 Å². The molecule has 1 radical (unpaired) electrons. The van der Waals surface area contributed by atoms with Crippen molar-refractivity contribution in [2.75, 3.05) is 6.54 Å². The normalized spacial score (nSPS) is 10.0. The van der Waals surface area contributed by atoms with Gasteiger partial charge in [0.1, 0.15) is 0 Å². The molecule has 0 aliphatic carbocycles. The van der Waals surface area contributed by atoms with Gasteiger partial charge in [0.15, 0.2) is 0 Å². The molecule has 0 fully saturated rings. The minimum Gasteiger partial charge on any atom is -0.310 e. The van der Waals surface area contributed by atoms with E-state index in [9.17, 15) is 0 Å². The van der Waals surface area contributed by atoms with Crippen molar-refractivity contribution in [1.29, 1.82) is 0 Å². The van der Waals surface area contributed by atoms with Crippen molar-refractivity contribution >= 4 is 0 Å². The fourth-order valence-corrected chi connectivity index (χ4v) is 0.354. The number of rotatable bonds is 2. The molecule has 6 heavy (non-hydrogen) atoms. The van der Waals surface area contributed by atoms with Crippen molar-refractivity contribution in [1.82, 2.24) is 5.32 Å². The summed E-state index contributed by atoms with van der Waals surface area (Å²) in [6.07, 6.45) is 0. The molecule has 1 nitrogen and oxygen atoms in total. The topological polar surface area (TPSA) is 12.0 Å². The summed E-state index contributed by atoms with van der Waals surface area (Å²) >= 11 is 0. The van der Waals surface area contributed by atoms with Gasteiger partial charge in [-0.1, -0.05) is 6.92 Å². The zero-order chi connectivity index (χ0) is 4.99. The second-order valence-electron chi connectivity index (χ2n) is 1.53. The van der Waals surface area contributed by atoms with E-state index in [-0.39, 0.29) is 0 Å². The quantitative estimate of drug-likeness (QED) is 0.532. The van der Waals surface area contributed by atoms with E-state index in [1.165, 1.54) is 6.04 Å². The molecule has 0 heterocycles. The molecule has 1 heteroatoms. The van der Waals surface area contributed by atoms with Crippen molar-refractivity contribution in [3.8, 4) is 0 Å². The first-order valence-electron chi connectivity index (χ1n) is 2.31. The van der Waals surface area contributed by atoms with E-state index >= 15 is 0 Å². The van der Waals surface area contributed by atoms with Crippen LogP contribution in [-0.2, 0) is 0 Å². The zero-order valence-corrected chi connectivity index (χ0v) is 4.71. The van der Waals surface area contributed by atoms with Gasteiger partial charge in [0.2, 0.25) is 0 Å². The lowest BCUT2D eigenvalue weighted by Crippen LogP contribution is -2.13. The Hall–Kier alpha value is -0.0400. The Balaban J connectivity index is 2.63. The van der Waals surface area contributed by atoms with Crippen molar-refractivity contribution < 1.29 is 0 Å². The summed E-state index contributed by atoms with van der Waals surface area (Å²) in [5, 5.41) is 3.12. The maximum absolute atomic E-state index is 3.12. The highest BCUT2D eigenvalue weighted by Crippen LogP contribution is 1.82. The SMILES string of the molecule is CCN[C](C)C. The second-order valence-corrected chi connectivity index (χ2v) is 1.53. The zero-order valence-electron chi connectivity index (χ0n) is 4.71. The van der Waals surface area contributed by atoms with E-state index in [4.69, 9.17) is 0 Å². The molecule has 0 unspecified atom stereocenters. The number of hydrogen-bond donors (Lipinski definition) is 1. The molecule has 0 bridgehead atoms. The lowest BCUT2D eigenvalue weighted by Gasteiger charge is -1.99. The maximum Gasteiger partial charge on any atom is 0.0301 e. The standard InChI is InChI=1S/C5H12N/c1-4-6-5(2)3/h6H,4H2,1-3H3. The van der Waals surface area contributed by atoms with Crippen LogP contribution in [0.4, 0.5) is 0 Å². The summed E-state index contributed by atoms with van der Waals surface area (Å²) in [5.41, 5.74) is 0. The average Bonchev–Trinajstić information content (AvgIpc) is 1.35. The lowest BCUT2D eigenvalue weighted by molar-refractivity contribution is 0.745. The van der Waals surface area contributed by atoms with Crippen LogP contribution < -0.4 is 5.32 Å². The van der Waals surface area contributed by atoms with Crippen LogP contribution in [0.1, 0.15) is 20.8 Å². The Labute approximate surface area is 39.7 Å². The fraction of sp³-hybridized carbons (Fsp3) is 0.800. The summed E-state index contributed by atoms with van der Waals surface area (Å²) in [5.74, 6) is 0. The van der Waals surface area contributed by atoms with Gasteiger partial charge < -0.3 is 5.32 Å². The minimum absolute atomic E-state index is 1.04. The molecular formula is C5H12N. The smallest absolute Gasteiger partial charge is 0.0301 e. The Morgan fingerprint density at radius 3 is 2.00 bits per heavy atom. The molecular weight excluding hydrogens is 74.1 g/mol. The maximum atomic E-state index is 3.12. The van der Waals surface area contributed by atoms with Gasteiger partial charge in [-0.3, -0.25) is 0 Å². The van der Waals surface area contributed by atoms with Gasteiger partial charge in [0.25, 0.3) is 0 Å². The molecule has 37 valence electrons. The third-order valence-electron chi connectivity index (χ3n) is 0.530. The Bertz CT molecular complexity index is 25.1. The molecule has 0 aliphatic heterocycles. The molecule has 0 saturated heterocycles. The van der Waals surface area contributed by atoms with Crippen LogP contribution in [0.25, 0.3) is 0 Å². The Morgan fingerprint density at radius 2 is 2.00 bits per heavy atom. The molecule has 0 aromatic carbocycles. The predicted molar refractivity (Wildman–Crippen MR) is 28.3 cm³/mol. The molecule has 0 rings (SSSR count). The first kappa shape index (κ1) is 5.96. The van der Waals surface area contributed by atoms with Crippen LogP contribution in [0.3, 0.4) is 0 Å². The molecule has 0 spiro atoms. The average molecular weight is 86.2 g/mol. The Morgan fingerprint density at radius 1 is 1.50 bits per heavy atom. The van der Waals surface area contributed by atoms with Gasteiger partial charge >= 0.3 is 0 Å². The van der Waals surface area contributed by atoms with Gasteiger partial charge in [-0.25, -0.2) is 0 Å². The highest BCUT2D eigenvalue weighted by Gasteiger charge is 1.83. The van der Waals surface area contributed by atoms with E-state index in [1.807, 2.05) is 0 Å². The van der Waals surface area contributed by atoms with Crippen LogP contribution in [0.2, 0.25) is 0 Å². The van der Waals surface area contributed by atoms with Crippen LogP contribution in [0, 0.1) is 6.04 Å². The van der Waals surface area contributed by atoms with E-state index in [0.717, 1.165) is 6.54 Å². The third-order valence-corrected chi connectivity index (χ3v) is 0.530. The Kier molecular flexibility index (Phi) is 3.14. The van der Waals surface area contributed by atoms with E-state index in [1.54, 1.807) is 0 Å². The molecule has 0 saturated carbocycles. The van der Waals surface area contributed by atoms with E-state index < -0.39 is 0 Å². The third kappa shape index (κ3) is 3.96. The summed E-state index contributed by atoms with van der Waals surface area (Å²) in [4.78, 5) is 0. The van der Waals surface area contributed by atoms with Crippen LogP contribution in [0.15, 0.2) is 0 Å². The van der Waals surface area contributed by atoms with E-state index in [0.29, 0.717) is 0 Å². The van der Waals surface area contributed by atoms with Gasteiger partial charge in [-0.2, -0.15) is 0 Å². The fourth-order valence-electron chi connectivity index (χ4n) is 0.354. The lowest BCUT2D eigenvalue weighted by atomic mass is 10.4. The second kappa shape index (κ2) is 3.16. The summed E-state index contributed by atoms with van der Waals surface area (Å²) in [6, 6.07) is 1.29.